The van der Waals surface area contributed by atoms with Crippen molar-refractivity contribution >= 4 is 18.2 Å². The summed E-state index contributed by atoms with van der Waals surface area (Å²) in [6.45, 7) is 2.33. The van der Waals surface area contributed by atoms with Gasteiger partial charge in [-0.2, -0.15) is 4.99 Å². The molecule has 3 rings (SSSR count). The summed E-state index contributed by atoms with van der Waals surface area (Å²) >= 11 is 0. The van der Waals surface area contributed by atoms with Crippen LogP contribution in [0, 0.1) is 0 Å². The van der Waals surface area contributed by atoms with E-state index in [0.29, 0.717) is 24.2 Å². The number of likely N-dealkylation sites (N-methyl/N-ethyl adjacent to an activating group) is 1. The van der Waals surface area contributed by atoms with Gasteiger partial charge in [0.05, 0.1) is 18.3 Å². The maximum absolute atomic E-state index is 12.6. The minimum atomic E-state index is -0.472. The number of ether oxygens (including phenoxy) is 2. The lowest BCUT2D eigenvalue weighted by molar-refractivity contribution is -0.138. The van der Waals surface area contributed by atoms with Crippen molar-refractivity contribution in [3.63, 3.8) is 0 Å². The smallest absolute Gasteiger partial charge is 0.363 e. The van der Waals surface area contributed by atoms with Gasteiger partial charge < -0.3 is 14.4 Å². The van der Waals surface area contributed by atoms with Crippen LogP contribution >= 0.6 is 0 Å². The Bertz CT molecular complexity index is 675. The van der Waals surface area contributed by atoms with E-state index < -0.39 is 5.97 Å². The molecule has 1 amide bonds. The molecule has 2 aliphatic heterocycles. The molecule has 0 aromatic heterocycles. The Labute approximate surface area is 134 Å². The SMILES string of the molecule is CCOC(=O)C1=C2CN(C)C(=O)C3=C(C=CC(OC)C3)[N+]2C=N1. The quantitative estimate of drug-likeness (QED) is 0.566. The number of hydrogen-bond donors (Lipinski definition) is 0. The average molecular weight is 317 g/mol. The number of esters is 1. The largest absolute Gasteiger partial charge is 0.461 e. The summed E-state index contributed by atoms with van der Waals surface area (Å²) in [5, 5.41) is 0. The molecule has 0 aromatic carbocycles. The molecule has 3 aliphatic rings. The molecule has 7 heteroatoms. The first-order chi connectivity index (χ1) is 11.1. The van der Waals surface area contributed by atoms with Crippen molar-refractivity contribution in [3.8, 4) is 0 Å². The standard InChI is InChI=1S/C16H19N3O4/c1-4-23-16(21)14-13-8-18(2)15(20)11-7-10(22-3)5-6-12(11)19(13)9-17-14/h5-6,9-10H,4,7-8H2,1-3H3/q+1. The zero-order chi connectivity index (χ0) is 16.6. The molecule has 0 saturated carbocycles. The Kier molecular flexibility index (Phi) is 4.14. The van der Waals surface area contributed by atoms with Crippen LogP contribution < -0.4 is 4.90 Å². The van der Waals surface area contributed by atoms with E-state index in [2.05, 4.69) is 4.99 Å². The van der Waals surface area contributed by atoms with E-state index >= 15 is 0 Å². The highest BCUT2D eigenvalue weighted by atomic mass is 16.5. The lowest BCUT2D eigenvalue weighted by Crippen LogP contribution is -2.31. The fraction of sp³-hybridized carbons (Fsp3) is 0.438. The number of methoxy groups -OCH3 is 1. The monoisotopic (exact) mass is 317 g/mol. The Balaban J connectivity index is 2.04. The highest BCUT2D eigenvalue weighted by Crippen LogP contribution is 2.32. The molecule has 1 atom stereocenters. The summed E-state index contributed by atoms with van der Waals surface area (Å²) in [6.07, 6.45) is 5.70. The number of amides is 1. The van der Waals surface area contributed by atoms with Crippen LogP contribution in [0.2, 0.25) is 0 Å². The van der Waals surface area contributed by atoms with E-state index in [1.807, 2.05) is 12.2 Å². The van der Waals surface area contributed by atoms with Crippen LogP contribution in [0.1, 0.15) is 13.3 Å². The zero-order valence-corrected chi connectivity index (χ0v) is 13.4. The van der Waals surface area contributed by atoms with E-state index in [9.17, 15) is 9.59 Å². The second-order valence-electron chi connectivity index (χ2n) is 5.49. The number of fused-ring (bicyclic) bond motifs is 2. The van der Waals surface area contributed by atoms with E-state index in [-0.39, 0.29) is 24.3 Å². The molecule has 2 heterocycles. The molecule has 0 spiro atoms. The normalized spacial score (nSPS) is 24.0. The first-order valence-corrected chi connectivity index (χ1v) is 7.50. The third kappa shape index (κ3) is 2.62. The van der Waals surface area contributed by atoms with Gasteiger partial charge in [-0.05, 0) is 17.9 Å². The summed E-state index contributed by atoms with van der Waals surface area (Å²) in [4.78, 5) is 32.3. The fourth-order valence-electron chi connectivity index (χ4n) is 2.89. The van der Waals surface area contributed by atoms with Gasteiger partial charge in [-0.1, -0.05) is 0 Å². The van der Waals surface area contributed by atoms with Crippen LogP contribution in [0.3, 0.4) is 0 Å². The first-order valence-electron chi connectivity index (χ1n) is 7.50. The summed E-state index contributed by atoms with van der Waals surface area (Å²) in [6, 6.07) is 0. The van der Waals surface area contributed by atoms with Crippen LogP contribution in [-0.2, 0) is 19.1 Å². The number of carbonyl (C=O) groups excluding carboxylic acids is 2. The number of hydrogen-bond acceptors (Lipinski definition) is 6. The predicted molar refractivity (Wildman–Crippen MR) is 83.5 cm³/mol. The van der Waals surface area contributed by atoms with E-state index in [0.717, 1.165) is 5.70 Å². The minimum Gasteiger partial charge on any atom is -0.461 e. The van der Waals surface area contributed by atoms with Crippen LogP contribution in [0.25, 0.3) is 0 Å². The van der Waals surface area contributed by atoms with Gasteiger partial charge in [-0.3, -0.25) is 4.79 Å². The number of rotatable bonds is 3. The van der Waals surface area contributed by atoms with Gasteiger partial charge in [0.15, 0.2) is 0 Å². The van der Waals surface area contributed by atoms with Crippen LogP contribution in [0.4, 0.5) is 0 Å². The fourth-order valence-corrected chi connectivity index (χ4v) is 2.89. The summed E-state index contributed by atoms with van der Waals surface area (Å²) in [5.74, 6) is -0.536. The maximum atomic E-state index is 12.6. The molecule has 23 heavy (non-hydrogen) atoms. The van der Waals surface area contributed by atoms with Gasteiger partial charge in [0.2, 0.25) is 17.1 Å². The lowest BCUT2D eigenvalue weighted by Gasteiger charge is -2.19. The Morgan fingerprint density at radius 3 is 3.00 bits per heavy atom. The van der Waals surface area contributed by atoms with Crippen molar-refractivity contribution in [3.05, 3.63) is 34.8 Å². The minimum absolute atomic E-state index is 0.0649. The first kappa shape index (κ1) is 15.6. The van der Waals surface area contributed by atoms with Gasteiger partial charge >= 0.3 is 5.97 Å². The molecule has 0 bridgehead atoms. The van der Waals surface area contributed by atoms with E-state index in [1.165, 1.54) is 0 Å². The molecule has 0 aromatic rings. The van der Waals surface area contributed by atoms with Gasteiger partial charge in [0, 0.05) is 26.7 Å². The highest BCUT2D eigenvalue weighted by Gasteiger charge is 2.45. The van der Waals surface area contributed by atoms with Crippen LogP contribution in [-0.4, -0.2) is 56.5 Å². The second-order valence-corrected chi connectivity index (χ2v) is 5.49. The Hall–Kier alpha value is -2.25. The van der Waals surface area contributed by atoms with E-state index in [1.54, 1.807) is 37.2 Å². The van der Waals surface area contributed by atoms with Gasteiger partial charge in [0.1, 0.15) is 6.54 Å². The van der Waals surface area contributed by atoms with Crippen LogP contribution in [0.15, 0.2) is 39.8 Å². The van der Waals surface area contributed by atoms with Gasteiger partial charge in [0.25, 0.3) is 12.2 Å². The topological polar surface area (TPSA) is 74.1 Å². The van der Waals surface area contributed by atoms with Crippen molar-refractivity contribution in [1.29, 1.82) is 0 Å². The Morgan fingerprint density at radius 1 is 1.52 bits per heavy atom. The Morgan fingerprint density at radius 2 is 2.30 bits per heavy atom. The van der Waals surface area contributed by atoms with Crippen molar-refractivity contribution in [2.24, 2.45) is 4.99 Å². The molecular formula is C16H19N3O4+. The molecule has 0 N–H and O–H groups in total. The summed E-state index contributed by atoms with van der Waals surface area (Å²) in [7, 11) is 3.33. The molecule has 1 unspecified atom stereocenters. The predicted octanol–water partition coefficient (Wildman–Crippen LogP) is 0.644. The number of nitrogens with zero attached hydrogens (tertiary/aromatic N) is 3. The van der Waals surface area contributed by atoms with Crippen molar-refractivity contribution in [1.82, 2.24) is 9.80 Å². The summed E-state index contributed by atoms with van der Waals surface area (Å²) in [5.41, 5.74) is 2.31. The van der Waals surface area contributed by atoms with Crippen LogP contribution in [0.5, 0.6) is 0 Å². The molecule has 1 radical (unpaired) electrons. The van der Waals surface area contributed by atoms with Gasteiger partial charge in [-0.15, -0.1) is 0 Å². The number of aliphatic imine (C=N–C) groups is 1. The summed E-state index contributed by atoms with van der Waals surface area (Å²) < 4.78 is 10.4. The van der Waals surface area contributed by atoms with Gasteiger partial charge in [-0.25, -0.2) is 4.79 Å². The lowest BCUT2D eigenvalue weighted by atomic mass is 9.98. The molecule has 7 nitrogen and oxygen atoms in total. The molecule has 0 saturated heterocycles. The number of allylic oxidation sites excluding steroid dienone is 1. The molecular weight excluding hydrogens is 298 g/mol. The molecule has 121 valence electrons. The van der Waals surface area contributed by atoms with Crippen molar-refractivity contribution < 1.29 is 19.1 Å². The third-order valence-corrected chi connectivity index (χ3v) is 4.07. The number of carbonyl (C=O) groups is 2. The molecule has 1 aliphatic carbocycles. The second kappa shape index (κ2) is 6.10. The van der Waals surface area contributed by atoms with Crippen molar-refractivity contribution in [2.45, 2.75) is 19.4 Å². The zero-order valence-electron chi connectivity index (χ0n) is 13.4. The maximum Gasteiger partial charge on any atom is 0.363 e. The van der Waals surface area contributed by atoms with E-state index in [4.69, 9.17) is 9.47 Å². The van der Waals surface area contributed by atoms with Crippen molar-refractivity contribution in [2.75, 3.05) is 27.3 Å². The highest BCUT2D eigenvalue weighted by molar-refractivity contribution is 6.00. The molecule has 0 fully saturated rings. The third-order valence-electron chi connectivity index (χ3n) is 4.07. The average Bonchev–Trinajstić information content (AvgIpc) is 2.93.